The van der Waals surface area contributed by atoms with E-state index >= 15 is 0 Å². The molecule has 0 radical (unpaired) electrons. The first-order valence-electron chi connectivity index (χ1n) is 8.57. The lowest BCUT2D eigenvalue weighted by Crippen LogP contribution is -2.40. The third-order valence-electron chi connectivity index (χ3n) is 3.86. The van der Waals surface area contributed by atoms with Crippen LogP contribution in [-0.2, 0) is 16.6 Å². The molecule has 0 spiro atoms. The van der Waals surface area contributed by atoms with Crippen LogP contribution >= 0.6 is 11.6 Å². The molecule has 0 saturated carbocycles. The van der Waals surface area contributed by atoms with Crippen molar-refractivity contribution in [2.24, 2.45) is 0 Å². The molecule has 2 aromatic rings. The molecule has 0 aliphatic heterocycles. The van der Waals surface area contributed by atoms with Gasteiger partial charge in [-0.3, -0.25) is 4.79 Å². The number of hydrogen-bond donors (Lipinski definition) is 2. The van der Waals surface area contributed by atoms with Crippen LogP contribution in [0.5, 0.6) is 0 Å². The summed E-state index contributed by atoms with van der Waals surface area (Å²) in [6.45, 7) is 9.56. The Morgan fingerprint density at radius 2 is 1.74 bits per heavy atom. The number of carbonyl (C=O) groups is 1. The maximum atomic E-state index is 12.6. The highest BCUT2D eigenvalue weighted by molar-refractivity contribution is 7.89. The monoisotopic (exact) mass is 408 g/mol. The Morgan fingerprint density at radius 1 is 1.07 bits per heavy atom. The summed E-state index contributed by atoms with van der Waals surface area (Å²) in [5.41, 5.74) is 2.82. The van der Waals surface area contributed by atoms with Crippen LogP contribution in [0.4, 0.5) is 0 Å². The van der Waals surface area contributed by atoms with E-state index in [0.717, 1.165) is 16.7 Å². The summed E-state index contributed by atoms with van der Waals surface area (Å²) in [5, 5.41) is 2.89. The van der Waals surface area contributed by atoms with Crippen LogP contribution in [0.15, 0.2) is 41.3 Å². The highest BCUT2D eigenvalue weighted by Crippen LogP contribution is 2.24. The number of halogens is 1. The molecular formula is C20H25ClN2O3S. The van der Waals surface area contributed by atoms with E-state index in [4.69, 9.17) is 11.6 Å². The van der Waals surface area contributed by atoms with E-state index in [1.54, 1.807) is 20.8 Å². The zero-order chi connectivity index (χ0) is 20.4. The number of aryl methyl sites for hydroxylation is 2. The van der Waals surface area contributed by atoms with Crippen LogP contribution < -0.4 is 10.0 Å². The van der Waals surface area contributed by atoms with Gasteiger partial charge in [0.05, 0.1) is 5.02 Å². The second-order valence-electron chi connectivity index (χ2n) is 7.61. The van der Waals surface area contributed by atoms with Crippen molar-refractivity contribution in [2.75, 3.05) is 0 Å². The molecule has 2 N–H and O–H groups in total. The third kappa shape index (κ3) is 5.79. The predicted octanol–water partition coefficient (Wildman–Crippen LogP) is 3.96. The molecule has 2 rings (SSSR count). The van der Waals surface area contributed by atoms with Gasteiger partial charge in [0.1, 0.15) is 4.90 Å². The summed E-state index contributed by atoms with van der Waals surface area (Å²) in [4.78, 5) is 12.4. The lowest BCUT2D eigenvalue weighted by atomic mass is 10.1. The lowest BCUT2D eigenvalue weighted by molar-refractivity contribution is 0.0950. The molecule has 0 heterocycles. The maximum Gasteiger partial charge on any atom is 0.251 e. The van der Waals surface area contributed by atoms with Gasteiger partial charge in [-0.1, -0.05) is 35.4 Å². The van der Waals surface area contributed by atoms with Crippen molar-refractivity contribution in [3.8, 4) is 0 Å². The second-order valence-corrected chi connectivity index (χ2v) is 9.67. The van der Waals surface area contributed by atoms with E-state index in [-0.39, 0.29) is 21.4 Å². The standard InChI is InChI=1S/C20H25ClN2O3S/c1-13-6-7-16(14(2)10-13)12-22-19(24)15-8-9-17(21)18(11-15)27(25,26)23-20(3,4)5/h6-11,23H,12H2,1-5H3,(H,22,24). The smallest absolute Gasteiger partial charge is 0.251 e. The minimum Gasteiger partial charge on any atom is -0.348 e. The van der Waals surface area contributed by atoms with Crippen LogP contribution in [0.1, 0.15) is 47.8 Å². The van der Waals surface area contributed by atoms with Gasteiger partial charge in [0.25, 0.3) is 5.91 Å². The number of rotatable bonds is 5. The van der Waals surface area contributed by atoms with Gasteiger partial charge in [0.2, 0.25) is 10.0 Å². The van der Waals surface area contributed by atoms with Gasteiger partial charge in [0.15, 0.2) is 0 Å². The first kappa shape index (κ1) is 21.4. The van der Waals surface area contributed by atoms with Crippen LogP contribution in [0.3, 0.4) is 0 Å². The number of benzene rings is 2. The largest absolute Gasteiger partial charge is 0.348 e. The van der Waals surface area contributed by atoms with Crippen molar-refractivity contribution in [2.45, 2.75) is 51.6 Å². The zero-order valence-corrected chi connectivity index (χ0v) is 17.8. The summed E-state index contributed by atoms with van der Waals surface area (Å²) in [6.07, 6.45) is 0. The number of nitrogens with one attached hydrogen (secondary N) is 2. The van der Waals surface area contributed by atoms with Gasteiger partial charge in [-0.25, -0.2) is 13.1 Å². The molecule has 0 atom stereocenters. The normalized spacial score (nSPS) is 12.1. The Balaban J connectivity index is 2.22. The van der Waals surface area contributed by atoms with E-state index in [9.17, 15) is 13.2 Å². The highest BCUT2D eigenvalue weighted by Gasteiger charge is 2.25. The summed E-state index contributed by atoms with van der Waals surface area (Å²) in [5.74, 6) is -0.362. The number of amides is 1. The second kappa shape index (κ2) is 8.00. The third-order valence-corrected chi connectivity index (χ3v) is 6.10. The number of sulfonamides is 1. The van der Waals surface area contributed by atoms with Gasteiger partial charge < -0.3 is 5.32 Å². The number of hydrogen-bond acceptors (Lipinski definition) is 3. The van der Waals surface area contributed by atoms with Gasteiger partial charge in [-0.2, -0.15) is 0 Å². The molecule has 1 amide bonds. The van der Waals surface area contributed by atoms with Crippen molar-refractivity contribution >= 4 is 27.5 Å². The Kier molecular flexibility index (Phi) is 6.35. The van der Waals surface area contributed by atoms with Crippen LogP contribution in [0.25, 0.3) is 0 Å². The van der Waals surface area contributed by atoms with Crippen LogP contribution in [0.2, 0.25) is 5.02 Å². The Morgan fingerprint density at radius 3 is 2.33 bits per heavy atom. The van der Waals surface area contributed by atoms with Gasteiger partial charge in [0, 0.05) is 17.6 Å². The average molecular weight is 409 g/mol. The van der Waals surface area contributed by atoms with Crippen molar-refractivity contribution in [1.82, 2.24) is 10.0 Å². The Labute approximate surface area is 166 Å². The van der Waals surface area contributed by atoms with Crippen LogP contribution in [0, 0.1) is 13.8 Å². The minimum atomic E-state index is -3.85. The molecule has 0 aliphatic rings. The lowest BCUT2D eigenvalue weighted by Gasteiger charge is -2.21. The predicted molar refractivity (Wildman–Crippen MR) is 109 cm³/mol. The van der Waals surface area contributed by atoms with E-state index in [1.165, 1.54) is 18.2 Å². The molecule has 0 aromatic heterocycles. The molecule has 0 bridgehead atoms. The summed E-state index contributed by atoms with van der Waals surface area (Å²) < 4.78 is 27.7. The van der Waals surface area contributed by atoms with Gasteiger partial charge in [-0.05, 0) is 63.9 Å². The van der Waals surface area contributed by atoms with E-state index < -0.39 is 15.6 Å². The van der Waals surface area contributed by atoms with Crippen molar-refractivity contribution in [3.63, 3.8) is 0 Å². The molecule has 5 nitrogen and oxygen atoms in total. The Bertz CT molecular complexity index is 964. The van der Waals surface area contributed by atoms with E-state index in [2.05, 4.69) is 10.0 Å². The summed E-state index contributed by atoms with van der Waals surface area (Å²) in [7, 11) is -3.85. The topological polar surface area (TPSA) is 75.3 Å². The van der Waals surface area contributed by atoms with E-state index in [0.29, 0.717) is 6.54 Å². The quantitative estimate of drug-likeness (QED) is 0.786. The van der Waals surface area contributed by atoms with E-state index in [1.807, 2.05) is 32.0 Å². The maximum absolute atomic E-state index is 12.6. The molecule has 2 aromatic carbocycles. The molecule has 0 saturated heterocycles. The first-order chi connectivity index (χ1) is 12.4. The molecule has 0 aliphatic carbocycles. The minimum absolute atomic E-state index is 0.0673. The zero-order valence-electron chi connectivity index (χ0n) is 16.2. The molecule has 7 heteroatoms. The SMILES string of the molecule is Cc1ccc(CNC(=O)c2ccc(Cl)c(S(=O)(=O)NC(C)(C)C)c2)c(C)c1. The summed E-state index contributed by atoms with van der Waals surface area (Å²) >= 11 is 6.07. The van der Waals surface area contributed by atoms with Crippen molar-refractivity contribution < 1.29 is 13.2 Å². The Hall–Kier alpha value is -1.89. The first-order valence-corrected chi connectivity index (χ1v) is 10.4. The van der Waals surface area contributed by atoms with Crippen molar-refractivity contribution in [3.05, 3.63) is 63.7 Å². The molecule has 27 heavy (non-hydrogen) atoms. The van der Waals surface area contributed by atoms with Gasteiger partial charge in [-0.15, -0.1) is 0 Å². The highest BCUT2D eigenvalue weighted by atomic mass is 35.5. The van der Waals surface area contributed by atoms with Crippen LogP contribution in [-0.4, -0.2) is 19.9 Å². The fourth-order valence-corrected chi connectivity index (χ4v) is 4.58. The fourth-order valence-electron chi connectivity index (χ4n) is 2.63. The number of carbonyl (C=O) groups excluding carboxylic acids is 1. The average Bonchev–Trinajstić information content (AvgIpc) is 2.51. The van der Waals surface area contributed by atoms with Crippen molar-refractivity contribution in [1.29, 1.82) is 0 Å². The fraction of sp³-hybridized carbons (Fsp3) is 0.350. The molecule has 0 fully saturated rings. The molecule has 146 valence electrons. The summed E-state index contributed by atoms with van der Waals surface area (Å²) in [6, 6.07) is 10.2. The molecular weight excluding hydrogens is 384 g/mol. The molecule has 0 unspecified atom stereocenters. The van der Waals surface area contributed by atoms with Gasteiger partial charge >= 0.3 is 0 Å².